The smallest absolute Gasteiger partial charge is 0.409 e. The van der Waals surface area contributed by atoms with Gasteiger partial charge >= 0.3 is 12.1 Å². The van der Waals surface area contributed by atoms with Crippen molar-refractivity contribution in [1.29, 1.82) is 0 Å². The third kappa shape index (κ3) is 26.5. The number of H-pyrrole nitrogens is 1. The lowest BCUT2D eigenvalue weighted by Crippen LogP contribution is -2.72. The quantitative estimate of drug-likeness (QED) is 0.0192. The number of ether oxygens (including phenoxy) is 5. The molecule has 1 unspecified atom stereocenters. The van der Waals surface area contributed by atoms with Crippen LogP contribution in [0, 0.1) is 0 Å². The van der Waals surface area contributed by atoms with Crippen LogP contribution in [0.15, 0.2) is 121 Å². The second-order valence-corrected chi connectivity index (χ2v) is 37.0. The van der Waals surface area contributed by atoms with Crippen LogP contribution in [0.25, 0.3) is 10.9 Å². The van der Waals surface area contributed by atoms with Crippen molar-refractivity contribution in [2.24, 2.45) is 17.2 Å². The van der Waals surface area contributed by atoms with Gasteiger partial charge in [-0.1, -0.05) is 152 Å². The van der Waals surface area contributed by atoms with E-state index in [1.807, 2.05) is 19.1 Å². The highest BCUT2D eigenvalue weighted by molar-refractivity contribution is 8.77. The number of phenolic OH excluding ortho intramolecular Hbond substituents is 1. The van der Waals surface area contributed by atoms with E-state index in [0.717, 1.165) is 53.6 Å². The number of anilines is 1. The van der Waals surface area contributed by atoms with Crippen molar-refractivity contribution in [3.8, 4) is 11.5 Å². The molecule has 5 aromatic rings. The SMILES string of the molecule is COc1cc2cc(c1Cl)N(C)C(=O)C[C@H](OC(=O)[C@H](C)N(C)C(=O)CCSSC[C@H](NC(=O)[C@@H]1CSSC[C@H](NC(=O)[C@H](N)Cc3ccccc3)C(=O)N[C@@H](Cc3ccc(O)cc3)C(=O)N[C@H](Cc3c[nH]c4ccccc34)C(=O)N[C@@H](CCCCCN)C(=O)N[C@@H]([C@@H](C)O)C(=O)N1)C(N)=O)[C@@]1(C)CC(C)(O1)[C@@H]1C[C@@](O)(NC(=O)O1)[C@H](OC)/C=C/C=C(\C)C2. The number of primary amides is 1. The topological polar surface area (TPSA) is 508 Å². The molecule has 5 aliphatic heterocycles. The maximum Gasteiger partial charge on any atom is 0.409 e. The molecule has 0 aliphatic carbocycles. The molecule has 39 heteroatoms. The first-order chi connectivity index (χ1) is 58.4. The monoisotopic (exact) mass is 1800 g/mol. The molecule has 5 aliphatic rings. The Hall–Kier alpha value is -9.61. The van der Waals surface area contributed by atoms with Gasteiger partial charge in [-0.3, -0.25) is 53.3 Å². The summed E-state index contributed by atoms with van der Waals surface area (Å²) >= 11 is 6.89. The van der Waals surface area contributed by atoms with E-state index in [2.05, 4.69) is 47.5 Å². The summed E-state index contributed by atoms with van der Waals surface area (Å²) in [6.45, 7) is 8.10. The van der Waals surface area contributed by atoms with Crippen LogP contribution >= 0.6 is 54.8 Å². The third-order valence-corrected chi connectivity index (χ3v) is 27.1. The number of rotatable bonds is 28. The average molecular weight is 1800 g/mol. The number of methoxy groups -OCH3 is 2. The van der Waals surface area contributed by atoms with Gasteiger partial charge in [0.25, 0.3) is 0 Å². The number of benzene rings is 4. The Bertz CT molecular complexity index is 4660. The first kappa shape index (κ1) is 97.2. The molecule has 6 heterocycles. The zero-order valence-corrected chi connectivity index (χ0v) is 73.9. The lowest BCUT2D eigenvalue weighted by molar-refractivity contribution is -0.328. The molecular formula is C84H111ClN14O20S4. The summed E-state index contributed by atoms with van der Waals surface area (Å²) in [6.07, 6.45) is 1.12. The number of amides is 11. The molecule has 3 saturated heterocycles. The Morgan fingerprint density at radius 2 is 1.49 bits per heavy atom. The van der Waals surface area contributed by atoms with E-state index in [9.17, 15) is 63.3 Å². The van der Waals surface area contributed by atoms with E-state index in [-0.39, 0.29) is 90.2 Å². The largest absolute Gasteiger partial charge is 0.508 e. The molecule has 0 saturated carbocycles. The molecule has 3 fully saturated rings. The summed E-state index contributed by atoms with van der Waals surface area (Å²) in [6, 6.07) is 12.1. The number of aromatic hydroxyl groups is 1. The Morgan fingerprint density at radius 1 is 0.821 bits per heavy atom. The molecule has 4 aromatic carbocycles. The number of carbonyl (C=O) groups is 12. The number of allylic oxidation sites excluding steroid dienone is 3. The van der Waals surface area contributed by atoms with Gasteiger partial charge in [-0.2, -0.15) is 0 Å². The molecule has 18 N–H and O–H groups in total. The minimum absolute atomic E-state index is 0.0224. The molecule has 10 rings (SSSR count). The van der Waals surface area contributed by atoms with E-state index >= 15 is 9.59 Å². The van der Waals surface area contributed by atoms with Crippen LogP contribution in [-0.2, 0) is 97.4 Å². The van der Waals surface area contributed by atoms with E-state index in [0.29, 0.717) is 65.4 Å². The van der Waals surface area contributed by atoms with Gasteiger partial charge in [-0.05, 0) is 119 Å². The molecule has 16 atom stereocenters. The van der Waals surface area contributed by atoms with E-state index < -0.39 is 173 Å². The summed E-state index contributed by atoms with van der Waals surface area (Å²) in [5.41, 5.74) is 17.8. The summed E-state index contributed by atoms with van der Waals surface area (Å²) in [7, 11) is 9.72. The van der Waals surface area contributed by atoms with Crippen molar-refractivity contribution >= 4 is 143 Å². The lowest BCUT2D eigenvalue weighted by Gasteiger charge is -2.59. The fourth-order valence-corrected chi connectivity index (χ4v) is 19.6. The number of nitrogens with two attached hydrogens (primary N) is 3. The Balaban J connectivity index is 0.914. The van der Waals surface area contributed by atoms with E-state index in [4.69, 9.17) is 52.5 Å². The van der Waals surface area contributed by atoms with Crippen LogP contribution in [0.4, 0.5) is 10.5 Å². The number of nitrogens with zero attached hydrogens (tertiary/aromatic N) is 2. The molecular weight excluding hydrogens is 1690 g/mol. The predicted molar refractivity (Wildman–Crippen MR) is 469 cm³/mol. The fraction of sp³-hybridized carbons (Fsp3) is 0.500. The van der Waals surface area contributed by atoms with Crippen molar-refractivity contribution in [3.63, 3.8) is 0 Å². The number of halogens is 1. The number of aliphatic hydroxyl groups excluding tert-OH is 1. The number of nitrogens with one attached hydrogen (secondary N) is 9. The fourth-order valence-electron chi connectivity index (χ4n) is 14.8. The van der Waals surface area contributed by atoms with Crippen molar-refractivity contribution < 1.29 is 96.5 Å². The normalized spacial score (nSPS) is 26.4. The molecule has 11 amide bonds. The minimum atomic E-state index is -1.98. The zero-order chi connectivity index (χ0) is 89.6. The Labute approximate surface area is 734 Å². The summed E-state index contributed by atoms with van der Waals surface area (Å²) < 4.78 is 30.0. The Morgan fingerprint density at radius 3 is 2.17 bits per heavy atom. The molecule has 6 bridgehead atoms. The lowest BCUT2D eigenvalue weighted by atomic mass is 9.72. The van der Waals surface area contributed by atoms with Crippen LogP contribution in [0.1, 0.15) is 108 Å². The summed E-state index contributed by atoms with van der Waals surface area (Å²) in [5, 5.41) is 55.8. The number of aliphatic hydroxyl groups is 2. The maximum atomic E-state index is 15.1. The van der Waals surface area contributed by atoms with Gasteiger partial charge in [0.1, 0.15) is 94.4 Å². The highest BCUT2D eigenvalue weighted by atomic mass is 35.5. The van der Waals surface area contributed by atoms with E-state index in [1.165, 1.54) is 71.3 Å². The van der Waals surface area contributed by atoms with E-state index in [1.54, 1.807) is 92.9 Å². The van der Waals surface area contributed by atoms with Crippen molar-refractivity contribution in [3.05, 3.63) is 148 Å². The van der Waals surface area contributed by atoms with Crippen LogP contribution < -0.4 is 69.4 Å². The second kappa shape index (κ2) is 44.8. The standard InChI is InChI=1S/C84H111ClN14O20S4/c1-46-19-18-25-65(116-9)84(114)40-67(118-81(113)97-84)83(5)45-82(4,119-83)66(39-69(103)99(7)63-36-51(33-46)37-64(115-8)70(63)85)117-80(112)47(2)98(6)68(102)30-32-120-121-42-60(72(88)104)93-78(110)62-44-123-122-43-61(94-73(105)55(87)34-49-20-12-10-13-21-49)77(109)91-58(35-50-26-28-53(101)29-27-50)75(107)92-59(38-52-41-89-56-23-16-15-22-54(52)56)76(108)90-57(24-14-11-17-31-86)74(106)96-71(48(3)100)79(111)95-62/h10,12-13,15-16,18-23,25-29,36-37,41,47-48,55,57-62,65-67,71,89,100-101,114H,11,14,17,24,30-35,38-40,42-45,86-87H2,1-9H3,(H2,88,104)(H,90,108)(H,91,109)(H,92,107)(H,93,110)(H,94,105)(H,95,111)(H,96,106)(H,97,113)/b25-18+,46-19+/t47-,48+,55+,57-,58-,59+,60-,61-,62-,65+,66-,67-,71-,82+,83?,84-/m0/s1. The molecule has 34 nitrogen and oxygen atoms in total. The van der Waals surface area contributed by atoms with Gasteiger partial charge in [0.05, 0.1) is 31.4 Å². The number of aromatic amines is 1. The van der Waals surface area contributed by atoms with Gasteiger partial charge in [-0.25, -0.2) is 9.59 Å². The number of hydrogen-bond acceptors (Lipinski definition) is 26. The second-order valence-electron chi connectivity index (χ2n) is 31.5. The summed E-state index contributed by atoms with van der Waals surface area (Å²) in [4.78, 5) is 179. The number of unbranched alkanes of at least 4 members (excludes halogenated alkanes) is 2. The van der Waals surface area contributed by atoms with Crippen LogP contribution in [0.5, 0.6) is 11.5 Å². The number of hydrogen-bond donors (Lipinski definition) is 15. The number of para-hydroxylation sites is 1. The molecule has 668 valence electrons. The number of carbonyl (C=O) groups excluding carboxylic acids is 12. The number of esters is 1. The highest BCUT2D eigenvalue weighted by Gasteiger charge is 2.63. The van der Waals surface area contributed by atoms with Crippen molar-refractivity contribution in [2.75, 3.05) is 62.8 Å². The first-order valence-corrected chi connectivity index (χ1v) is 45.6. The van der Waals surface area contributed by atoms with Crippen molar-refractivity contribution in [1.82, 2.24) is 52.4 Å². The summed E-state index contributed by atoms with van der Waals surface area (Å²) in [5.74, 6) is -10.1. The predicted octanol–water partition coefficient (Wildman–Crippen LogP) is 3.85. The highest BCUT2D eigenvalue weighted by Crippen LogP contribution is 2.51. The maximum absolute atomic E-state index is 15.1. The molecule has 1 aromatic heterocycles. The van der Waals surface area contributed by atoms with Crippen LogP contribution in [0.3, 0.4) is 0 Å². The third-order valence-electron chi connectivity index (χ3n) is 21.9. The van der Waals surface area contributed by atoms with Crippen LogP contribution in [0.2, 0.25) is 5.02 Å². The van der Waals surface area contributed by atoms with Gasteiger partial charge < -0.3 is 108 Å². The molecule has 0 spiro atoms. The number of likely N-dealkylation sites (N-methyl/N-ethyl adjacent to an activating group) is 1. The van der Waals surface area contributed by atoms with Gasteiger partial charge in [0.2, 0.25) is 59.1 Å². The van der Waals surface area contributed by atoms with Gasteiger partial charge in [0.15, 0.2) is 5.72 Å². The first-order valence-electron chi connectivity index (χ1n) is 40.2. The van der Waals surface area contributed by atoms with Gasteiger partial charge in [0, 0.05) is 93.4 Å². The zero-order valence-electron chi connectivity index (χ0n) is 69.9. The molecule has 0 radical (unpaired) electrons. The van der Waals surface area contributed by atoms with Crippen LogP contribution in [-0.4, -0.2) is 250 Å². The average Bonchev–Trinajstić information content (AvgIpc) is 0.901. The minimum Gasteiger partial charge on any atom is -0.508 e. The number of aromatic nitrogens is 1. The van der Waals surface area contributed by atoms with Crippen molar-refractivity contribution in [2.45, 2.75) is 207 Å². The number of fused-ring (bicyclic) bond motifs is 7. The Kier molecular flexibility index (Phi) is 35.4. The number of alkyl carbamates (subject to hydrolysis) is 1. The number of phenols is 1. The van der Waals surface area contributed by atoms with Gasteiger partial charge in [-0.15, -0.1) is 0 Å². The molecule has 123 heavy (non-hydrogen) atoms.